The molecule has 0 unspecified atom stereocenters. The monoisotopic (exact) mass is 443 g/mol. The second-order valence-electron chi connectivity index (χ2n) is 7.26. The van der Waals surface area contributed by atoms with Crippen LogP contribution in [0.1, 0.15) is 41.0 Å². The summed E-state index contributed by atoms with van der Waals surface area (Å²) in [6.07, 6.45) is 0.933. The molecular formula is C23H29N3O4S. The van der Waals surface area contributed by atoms with Crippen LogP contribution in [0.3, 0.4) is 0 Å². The Balaban J connectivity index is 1.97. The molecule has 166 valence electrons. The first-order valence-electron chi connectivity index (χ1n) is 10.1. The van der Waals surface area contributed by atoms with E-state index < -0.39 is 0 Å². The van der Waals surface area contributed by atoms with E-state index in [2.05, 4.69) is 29.8 Å². The average molecular weight is 444 g/mol. The molecule has 31 heavy (non-hydrogen) atoms. The quantitative estimate of drug-likeness (QED) is 0.384. The first-order chi connectivity index (χ1) is 14.9. The van der Waals surface area contributed by atoms with Gasteiger partial charge in [0.05, 0.1) is 24.5 Å². The molecule has 0 saturated carbocycles. The normalized spacial score (nSPS) is 10.5. The molecule has 0 aliphatic rings. The fourth-order valence-corrected chi connectivity index (χ4v) is 2.82. The highest BCUT2D eigenvalue weighted by Gasteiger charge is 2.14. The third-order valence-corrected chi connectivity index (χ3v) is 4.50. The van der Waals surface area contributed by atoms with Gasteiger partial charge in [0.15, 0.2) is 5.11 Å². The van der Waals surface area contributed by atoms with E-state index in [0.717, 1.165) is 6.42 Å². The lowest BCUT2D eigenvalue weighted by Crippen LogP contribution is -2.35. The van der Waals surface area contributed by atoms with Crippen LogP contribution in [0.15, 0.2) is 48.5 Å². The second-order valence-corrected chi connectivity index (χ2v) is 7.67. The molecule has 0 fully saturated rings. The van der Waals surface area contributed by atoms with Crippen molar-refractivity contribution in [2.24, 2.45) is 5.92 Å². The molecule has 2 rings (SSSR count). The molecule has 0 aliphatic heterocycles. The lowest BCUT2D eigenvalue weighted by atomic mass is 10.1. The minimum atomic E-state index is -0.367. The molecule has 7 nitrogen and oxygen atoms in total. The molecule has 0 aromatic heterocycles. The summed E-state index contributed by atoms with van der Waals surface area (Å²) in [5.41, 5.74) is 1.33. The Morgan fingerprint density at radius 2 is 1.81 bits per heavy atom. The maximum absolute atomic E-state index is 12.6. The van der Waals surface area contributed by atoms with Crippen LogP contribution in [0.2, 0.25) is 0 Å². The van der Waals surface area contributed by atoms with E-state index in [-0.39, 0.29) is 16.9 Å². The third kappa shape index (κ3) is 8.35. The van der Waals surface area contributed by atoms with E-state index in [0.29, 0.717) is 48.2 Å². The first-order valence-corrected chi connectivity index (χ1v) is 10.5. The molecule has 0 atom stereocenters. The van der Waals surface area contributed by atoms with Crippen LogP contribution < -0.4 is 20.7 Å². The Kier molecular flexibility index (Phi) is 9.93. The van der Waals surface area contributed by atoms with Crippen molar-refractivity contribution >= 4 is 34.8 Å². The van der Waals surface area contributed by atoms with Gasteiger partial charge in [-0.25, -0.2) is 0 Å². The first kappa shape index (κ1) is 24.3. The predicted octanol–water partition coefficient (Wildman–Crippen LogP) is 3.61. The fourth-order valence-electron chi connectivity index (χ4n) is 2.62. The number of anilines is 1. The van der Waals surface area contributed by atoms with Gasteiger partial charge in [-0.1, -0.05) is 32.0 Å². The number of carbonyl (C=O) groups is 2. The highest BCUT2D eigenvalue weighted by molar-refractivity contribution is 7.80. The van der Waals surface area contributed by atoms with E-state index >= 15 is 0 Å². The summed E-state index contributed by atoms with van der Waals surface area (Å²) < 4.78 is 10.7. The van der Waals surface area contributed by atoms with Gasteiger partial charge in [-0.15, -0.1) is 0 Å². The summed E-state index contributed by atoms with van der Waals surface area (Å²) in [7, 11) is 1.57. The Hall–Kier alpha value is -2.97. The Morgan fingerprint density at radius 1 is 1.03 bits per heavy atom. The number of para-hydroxylation sites is 1. The number of hydrogen-bond donors (Lipinski definition) is 3. The molecule has 0 radical (unpaired) electrons. The molecule has 8 heteroatoms. The molecule has 3 N–H and O–H groups in total. The van der Waals surface area contributed by atoms with Crippen LogP contribution in [0.5, 0.6) is 5.75 Å². The van der Waals surface area contributed by atoms with Crippen LogP contribution in [-0.2, 0) is 4.74 Å². The highest BCUT2D eigenvalue weighted by Crippen LogP contribution is 2.16. The summed E-state index contributed by atoms with van der Waals surface area (Å²) in [5.74, 6) is 0.541. The Morgan fingerprint density at radius 3 is 2.55 bits per heavy atom. The van der Waals surface area contributed by atoms with Gasteiger partial charge < -0.3 is 20.1 Å². The Bertz CT molecular complexity index is 902. The van der Waals surface area contributed by atoms with Gasteiger partial charge in [0, 0.05) is 19.2 Å². The van der Waals surface area contributed by atoms with Gasteiger partial charge in [0.1, 0.15) is 5.75 Å². The molecule has 0 aliphatic carbocycles. The maximum atomic E-state index is 12.6. The lowest BCUT2D eigenvalue weighted by molar-refractivity contribution is 0.0937. The van der Waals surface area contributed by atoms with E-state index in [1.807, 2.05) is 6.07 Å². The van der Waals surface area contributed by atoms with Crippen LogP contribution >= 0.6 is 12.2 Å². The minimum Gasteiger partial charge on any atom is -0.494 e. The van der Waals surface area contributed by atoms with Crippen molar-refractivity contribution in [2.75, 3.05) is 32.2 Å². The number of rotatable bonds is 10. The smallest absolute Gasteiger partial charge is 0.257 e. The zero-order valence-electron chi connectivity index (χ0n) is 18.1. The molecule has 2 amide bonds. The molecule has 2 aromatic rings. The zero-order valence-corrected chi connectivity index (χ0v) is 18.9. The summed E-state index contributed by atoms with van der Waals surface area (Å²) in [6, 6.07) is 13.8. The number of carbonyl (C=O) groups excluding carboxylic acids is 2. The van der Waals surface area contributed by atoms with Crippen LogP contribution in [0.25, 0.3) is 0 Å². The Labute approximate surface area is 188 Å². The van der Waals surface area contributed by atoms with Crippen molar-refractivity contribution in [3.8, 4) is 5.75 Å². The van der Waals surface area contributed by atoms with Crippen LogP contribution in [-0.4, -0.2) is 43.8 Å². The molecule has 0 bridgehead atoms. The summed E-state index contributed by atoms with van der Waals surface area (Å²) in [4.78, 5) is 25.0. The van der Waals surface area contributed by atoms with Crippen molar-refractivity contribution in [2.45, 2.75) is 20.3 Å². The van der Waals surface area contributed by atoms with Crippen molar-refractivity contribution < 1.29 is 19.1 Å². The number of hydrogen-bond acceptors (Lipinski definition) is 5. The topological polar surface area (TPSA) is 88.7 Å². The number of methoxy groups -OCH3 is 1. The largest absolute Gasteiger partial charge is 0.494 e. The van der Waals surface area contributed by atoms with E-state index in [4.69, 9.17) is 21.7 Å². The van der Waals surface area contributed by atoms with Gasteiger partial charge in [-0.2, -0.15) is 0 Å². The number of thiocarbonyl (C=S) groups is 1. The van der Waals surface area contributed by atoms with Crippen molar-refractivity contribution in [3.05, 3.63) is 59.7 Å². The third-order valence-electron chi connectivity index (χ3n) is 4.30. The van der Waals surface area contributed by atoms with Gasteiger partial charge in [0.2, 0.25) is 0 Å². The number of ether oxygens (including phenoxy) is 2. The van der Waals surface area contributed by atoms with E-state index in [1.165, 1.54) is 0 Å². The van der Waals surface area contributed by atoms with Crippen molar-refractivity contribution in [1.29, 1.82) is 0 Å². The average Bonchev–Trinajstić information content (AvgIpc) is 2.74. The van der Waals surface area contributed by atoms with E-state index in [9.17, 15) is 9.59 Å². The molecular weight excluding hydrogens is 414 g/mol. The number of amides is 2. The number of nitrogens with one attached hydrogen (secondary N) is 3. The molecule has 2 aromatic carbocycles. The maximum Gasteiger partial charge on any atom is 0.257 e. The van der Waals surface area contributed by atoms with Crippen LogP contribution in [0.4, 0.5) is 5.69 Å². The van der Waals surface area contributed by atoms with Gasteiger partial charge in [0.25, 0.3) is 11.8 Å². The standard InChI is InChI=1S/C23H29N3O4S/c1-16(2)11-13-30-18-8-6-7-17(15-18)21(27)26-23(31)25-20-10-5-4-9-19(20)22(28)24-12-14-29-3/h4-10,15-16H,11-14H2,1-3H3,(H,24,28)(H2,25,26,27,31). The number of benzene rings is 2. The van der Waals surface area contributed by atoms with Gasteiger partial charge in [-0.3, -0.25) is 14.9 Å². The van der Waals surface area contributed by atoms with Gasteiger partial charge in [-0.05, 0) is 54.9 Å². The summed E-state index contributed by atoms with van der Waals surface area (Å²) in [5, 5.41) is 8.41. The summed E-state index contributed by atoms with van der Waals surface area (Å²) in [6.45, 7) is 5.65. The highest BCUT2D eigenvalue weighted by atomic mass is 32.1. The minimum absolute atomic E-state index is 0.0910. The summed E-state index contributed by atoms with van der Waals surface area (Å²) >= 11 is 5.27. The molecule has 0 saturated heterocycles. The van der Waals surface area contributed by atoms with Crippen molar-refractivity contribution in [3.63, 3.8) is 0 Å². The lowest BCUT2D eigenvalue weighted by Gasteiger charge is -2.14. The van der Waals surface area contributed by atoms with Crippen molar-refractivity contribution in [1.82, 2.24) is 10.6 Å². The zero-order chi connectivity index (χ0) is 22.6. The molecule has 0 spiro atoms. The molecule has 0 heterocycles. The predicted molar refractivity (Wildman–Crippen MR) is 126 cm³/mol. The SMILES string of the molecule is COCCNC(=O)c1ccccc1NC(=S)NC(=O)c1cccc(OCCC(C)C)c1. The second kappa shape index (κ2) is 12.7. The fraction of sp³-hybridized carbons (Fsp3) is 0.348. The van der Waals surface area contributed by atoms with Crippen LogP contribution in [0, 0.1) is 5.92 Å². The van der Waals surface area contributed by atoms with E-state index in [1.54, 1.807) is 49.6 Å². The van der Waals surface area contributed by atoms with Gasteiger partial charge >= 0.3 is 0 Å².